The highest BCUT2D eigenvalue weighted by molar-refractivity contribution is 6.07. The maximum absolute atomic E-state index is 6.38. The summed E-state index contributed by atoms with van der Waals surface area (Å²) in [5.74, 6) is 0. The fraction of sp³-hybridized carbons (Fsp3) is 0.0612. The zero-order valence-electron chi connectivity index (χ0n) is 28.6. The molecule has 1 aliphatic rings. The van der Waals surface area contributed by atoms with Crippen LogP contribution in [-0.2, 0) is 5.41 Å². The largest absolute Gasteiger partial charge is 0.456 e. The van der Waals surface area contributed by atoms with Crippen molar-refractivity contribution in [2.24, 2.45) is 0 Å². The smallest absolute Gasteiger partial charge is 0.136 e. The summed E-state index contributed by atoms with van der Waals surface area (Å²) in [6, 6.07) is 63.7. The SMILES string of the molecule is CC1(C)c2ccccc2-c2c(N(c3ccc(-c4cccc5ccccc45)cc3)c3ccccc3-c3ccc4c(c3)oc3ccccc34)cccc21. The first kappa shape index (κ1) is 29.5. The molecule has 0 radical (unpaired) electrons. The Morgan fingerprint density at radius 1 is 0.431 bits per heavy atom. The van der Waals surface area contributed by atoms with Crippen LogP contribution in [0.3, 0.4) is 0 Å². The monoisotopic (exact) mass is 653 g/mol. The Morgan fingerprint density at radius 3 is 1.92 bits per heavy atom. The highest BCUT2D eigenvalue weighted by Crippen LogP contribution is 2.55. The Bertz CT molecular complexity index is 2780. The van der Waals surface area contributed by atoms with Gasteiger partial charge in [0.05, 0.1) is 11.4 Å². The van der Waals surface area contributed by atoms with Crippen LogP contribution in [0.15, 0.2) is 180 Å². The number of furan rings is 1. The van der Waals surface area contributed by atoms with Crippen molar-refractivity contribution < 1.29 is 4.42 Å². The van der Waals surface area contributed by atoms with Crippen LogP contribution in [0.25, 0.3) is 66.1 Å². The lowest BCUT2D eigenvalue weighted by molar-refractivity contribution is 0.660. The highest BCUT2D eigenvalue weighted by atomic mass is 16.3. The maximum atomic E-state index is 6.38. The summed E-state index contributed by atoms with van der Waals surface area (Å²) in [4.78, 5) is 2.46. The number of hydrogen-bond acceptors (Lipinski definition) is 2. The van der Waals surface area contributed by atoms with Gasteiger partial charge in [-0.3, -0.25) is 0 Å². The molecule has 1 aliphatic carbocycles. The molecule has 1 heterocycles. The minimum Gasteiger partial charge on any atom is -0.456 e. The second kappa shape index (κ2) is 11.3. The summed E-state index contributed by atoms with van der Waals surface area (Å²) in [5.41, 5.74) is 15.1. The minimum atomic E-state index is -0.113. The van der Waals surface area contributed by atoms with Crippen molar-refractivity contribution in [2.45, 2.75) is 19.3 Å². The van der Waals surface area contributed by atoms with Gasteiger partial charge in [0, 0.05) is 33.0 Å². The van der Waals surface area contributed by atoms with E-state index in [9.17, 15) is 0 Å². The van der Waals surface area contributed by atoms with Gasteiger partial charge in [-0.05, 0) is 86.6 Å². The van der Waals surface area contributed by atoms with Gasteiger partial charge >= 0.3 is 0 Å². The van der Waals surface area contributed by atoms with Crippen molar-refractivity contribution >= 4 is 49.8 Å². The van der Waals surface area contributed by atoms with Gasteiger partial charge in [0.2, 0.25) is 0 Å². The topological polar surface area (TPSA) is 16.4 Å². The van der Waals surface area contributed by atoms with Crippen LogP contribution in [0, 0.1) is 0 Å². The van der Waals surface area contributed by atoms with E-state index in [4.69, 9.17) is 4.42 Å². The van der Waals surface area contributed by atoms with Crippen LogP contribution in [0.4, 0.5) is 17.1 Å². The Hall–Kier alpha value is -6.38. The van der Waals surface area contributed by atoms with Crippen LogP contribution in [0.2, 0.25) is 0 Å². The molecule has 0 unspecified atom stereocenters. The first-order chi connectivity index (χ1) is 25.1. The molecule has 1 aromatic heterocycles. The molecule has 0 aliphatic heterocycles. The number of rotatable bonds is 5. The predicted octanol–water partition coefficient (Wildman–Crippen LogP) is 13.8. The molecule has 0 fully saturated rings. The number of anilines is 3. The molecule has 242 valence electrons. The van der Waals surface area contributed by atoms with Gasteiger partial charge in [0.15, 0.2) is 0 Å². The summed E-state index contributed by atoms with van der Waals surface area (Å²) >= 11 is 0. The van der Waals surface area contributed by atoms with Crippen LogP contribution in [-0.4, -0.2) is 0 Å². The zero-order chi connectivity index (χ0) is 34.1. The fourth-order valence-corrected chi connectivity index (χ4v) is 8.40. The molecule has 0 atom stereocenters. The Kier molecular flexibility index (Phi) is 6.56. The minimum absolute atomic E-state index is 0.113. The van der Waals surface area contributed by atoms with Gasteiger partial charge < -0.3 is 9.32 Å². The molecule has 0 spiro atoms. The van der Waals surface area contributed by atoms with Gasteiger partial charge in [-0.1, -0.05) is 147 Å². The molecular weight excluding hydrogens is 619 g/mol. The molecule has 2 heteroatoms. The third-order valence-electron chi connectivity index (χ3n) is 10.9. The van der Waals surface area contributed by atoms with Gasteiger partial charge in [0.25, 0.3) is 0 Å². The van der Waals surface area contributed by atoms with Crippen molar-refractivity contribution in [1.29, 1.82) is 0 Å². The second-order valence-corrected chi connectivity index (χ2v) is 14.1. The van der Waals surface area contributed by atoms with Gasteiger partial charge in [0.1, 0.15) is 11.2 Å². The van der Waals surface area contributed by atoms with Crippen LogP contribution in [0.1, 0.15) is 25.0 Å². The quantitative estimate of drug-likeness (QED) is 0.184. The van der Waals surface area contributed by atoms with Crippen LogP contribution < -0.4 is 4.90 Å². The first-order valence-electron chi connectivity index (χ1n) is 17.7. The van der Waals surface area contributed by atoms with E-state index in [2.05, 4.69) is 183 Å². The van der Waals surface area contributed by atoms with E-state index in [1.54, 1.807) is 0 Å². The van der Waals surface area contributed by atoms with Crippen molar-refractivity contribution in [1.82, 2.24) is 0 Å². The van der Waals surface area contributed by atoms with Crippen molar-refractivity contribution in [2.75, 3.05) is 4.90 Å². The average Bonchev–Trinajstić information content (AvgIpc) is 3.67. The zero-order valence-corrected chi connectivity index (χ0v) is 28.6. The molecule has 0 N–H and O–H groups in total. The lowest BCUT2D eigenvalue weighted by Gasteiger charge is -2.30. The van der Waals surface area contributed by atoms with Gasteiger partial charge in [-0.2, -0.15) is 0 Å². The predicted molar refractivity (Wildman–Crippen MR) is 214 cm³/mol. The van der Waals surface area contributed by atoms with E-state index in [1.807, 2.05) is 12.1 Å². The molecule has 10 rings (SSSR count). The first-order valence-corrected chi connectivity index (χ1v) is 17.7. The third kappa shape index (κ3) is 4.57. The fourth-order valence-electron chi connectivity index (χ4n) is 8.40. The van der Waals surface area contributed by atoms with E-state index >= 15 is 0 Å². The van der Waals surface area contributed by atoms with Crippen molar-refractivity contribution in [3.05, 3.63) is 187 Å². The van der Waals surface area contributed by atoms with E-state index in [-0.39, 0.29) is 5.41 Å². The number of hydrogen-bond donors (Lipinski definition) is 0. The Balaban J connectivity index is 1.19. The second-order valence-electron chi connectivity index (χ2n) is 14.1. The Labute approximate surface area is 297 Å². The van der Waals surface area contributed by atoms with E-state index in [1.165, 1.54) is 49.8 Å². The summed E-state index contributed by atoms with van der Waals surface area (Å²) in [6.07, 6.45) is 0. The van der Waals surface area contributed by atoms with Crippen LogP contribution >= 0.6 is 0 Å². The molecule has 8 aromatic carbocycles. The van der Waals surface area contributed by atoms with Gasteiger partial charge in [-0.15, -0.1) is 0 Å². The maximum Gasteiger partial charge on any atom is 0.136 e. The molecular formula is C49H35NO. The molecule has 0 saturated carbocycles. The van der Waals surface area contributed by atoms with Crippen LogP contribution in [0.5, 0.6) is 0 Å². The molecule has 2 nitrogen and oxygen atoms in total. The number of nitrogens with zero attached hydrogens (tertiary/aromatic N) is 1. The summed E-state index contributed by atoms with van der Waals surface area (Å²) < 4.78 is 6.38. The Morgan fingerprint density at radius 2 is 1.04 bits per heavy atom. The van der Waals surface area contributed by atoms with Gasteiger partial charge in [-0.25, -0.2) is 0 Å². The molecule has 9 aromatic rings. The molecule has 0 saturated heterocycles. The number of benzene rings is 8. The summed E-state index contributed by atoms with van der Waals surface area (Å²) in [6.45, 7) is 4.70. The summed E-state index contributed by atoms with van der Waals surface area (Å²) in [7, 11) is 0. The third-order valence-corrected chi connectivity index (χ3v) is 10.9. The standard InChI is InChI=1S/C49H35NO/c1-49(2)42-20-8-5-18-41(42)48-43(49)21-12-23-45(48)50(35-28-25-33(26-29-35)37-19-11-14-32-13-3-4-15-36(32)37)44-22-9-6-16-38(44)34-27-30-40-39-17-7-10-24-46(39)51-47(40)31-34/h3-31H,1-2H3. The van der Waals surface area contributed by atoms with E-state index in [0.717, 1.165) is 44.4 Å². The van der Waals surface area contributed by atoms with E-state index < -0.39 is 0 Å². The molecule has 0 amide bonds. The van der Waals surface area contributed by atoms with Crippen molar-refractivity contribution in [3.63, 3.8) is 0 Å². The average molecular weight is 654 g/mol. The number of fused-ring (bicyclic) bond motifs is 7. The number of para-hydroxylation sites is 2. The molecule has 0 bridgehead atoms. The van der Waals surface area contributed by atoms with E-state index in [0.29, 0.717) is 0 Å². The lowest BCUT2D eigenvalue weighted by atomic mass is 9.82. The lowest BCUT2D eigenvalue weighted by Crippen LogP contribution is -2.16. The molecule has 51 heavy (non-hydrogen) atoms. The normalized spacial score (nSPS) is 13.1. The highest BCUT2D eigenvalue weighted by Gasteiger charge is 2.38. The van der Waals surface area contributed by atoms with Crippen molar-refractivity contribution in [3.8, 4) is 33.4 Å². The summed E-state index contributed by atoms with van der Waals surface area (Å²) in [5, 5.41) is 4.78.